The molecule has 15 heteroatoms. The lowest BCUT2D eigenvalue weighted by molar-refractivity contribution is -0.129. The lowest BCUT2D eigenvalue weighted by Crippen LogP contribution is -2.49. The summed E-state index contributed by atoms with van der Waals surface area (Å²) in [6.45, 7) is 7.33. The number of piperazine rings is 2. The zero-order valence-electron chi connectivity index (χ0n) is 24.9. The molecule has 1 aliphatic carbocycles. The molecule has 2 amide bonds. The Morgan fingerprint density at radius 1 is 0.711 bits per heavy atom. The average Bonchev–Trinajstić information content (AvgIpc) is 3.65. The summed E-state index contributed by atoms with van der Waals surface area (Å²) in [4.78, 5) is 31.8. The standard InChI is InChI=1S/C19H19FN6O.C11H14N6O/c20-15-5-3-14(4-6-15)19(27)25-11-9-24(10-12-25)17-8-7-16-21-22-18(13-1-2-13)26(16)23-17;1-9(18)15-4-6-16(7-5-15)11-3-2-10-13-12-8-17(10)14-11/h3-8,13H,1-2,9-12H2;2-3,8H,4-7H2,1H3. The van der Waals surface area contributed by atoms with Gasteiger partial charge in [0.15, 0.2) is 17.1 Å². The molecule has 0 spiro atoms. The summed E-state index contributed by atoms with van der Waals surface area (Å²) in [6.07, 6.45) is 3.89. The van der Waals surface area contributed by atoms with Gasteiger partial charge in [-0.05, 0) is 61.4 Å². The van der Waals surface area contributed by atoms with Gasteiger partial charge in [0.25, 0.3) is 5.91 Å². The number of halogens is 1. The number of benzene rings is 1. The highest BCUT2D eigenvalue weighted by atomic mass is 19.1. The van der Waals surface area contributed by atoms with Gasteiger partial charge in [0.2, 0.25) is 5.91 Å². The van der Waals surface area contributed by atoms with Crippen LogP contribution in [0.2, 0.25) is 0 Å². The minimum atomic E-state index is -0.336. The van der Waals surface area contributed by atoms with E-state index in [4.69, 9.17) is 5.10 Å². The van der Waals surface area contributed by atoms with Crippen molar-refractivity contribution in [2.45, 2.75) is 25.7 Å². The highest BCUT2D eigenvalue weighted by Crippen LogP contribution is 2.38. The van der Waals surface area contributed by atoms with Gasteiger partial charge in [0, 0.05) is 70.8 Å². The van der Waals surface area contributed by atoms with Crippen molar-refractivity contribution in [1.29, 1.82) is 0 Å². The van der Waals surface area contributed by atoms with Crippen LogP contribution in [-0.4, -0.2) is 114 Å². The number of carbonyl (C=O) groups is 2. The molecular weight excluding hydrogens is 579 g/mol. The van der Waals surface area contributed by atoms with Crippen molar-refractivity contribution in [2.75, 3.05) is 62.2 Å². The number of carbonyl (C=O) groups excluding carboxylic acids is 2. The number of hydrogen-bond acceptors (Lipinski definition) is 10. The van der Waals surface area contributed by atoms with Crippen molar-refractivity contribution < 1.29 is 14.0 Å². The van der Waals surface area contributed by atoms with E-state index in [0.29, 0.717) is 37.7 Å². The van der Waals surface area contributed by atoms with Crippen molar-refractivity contribution in [1.82, 2.24) is 49.4 Å². The monoisotopic (exact) mass is 612 g/mol. The number of fused-ring (bicyclic) bond motifs is 2. The maximum Gasteiger partial charge on any atom is 0.253 e. The Bertz CT molecular complexity index is 1820. The van der Waals surface area contributed by atoms with E-state index in [0.717, 1.165) is 67.8 Å². The molecule has 45 heavy (non-hydrogen) atoms. The van der Waals surface area contributed by atoms with Gasteiger partial charge in [-0.3, -0.25) is 9.59 Å². The van der Waals surface area contributed by atoms with Crippen molar-refractivity contribution in [3.63, 3.8) is 0 Å². The first-order valence-corrected chi connectivity index (χ1v) is 15.1. The number of amides is 2. The van der Waals surface area contributed by atoms with Gasteiger partial charge < -0.3 is 19.6 Å². The summed E-state index contributed by atoms with van der Waals surface area (Å²) in [5.74, 6) is 2.93. The fourth-order valence-corrected chi connectivity index (χ4v) is 5.61. The van der Waals surface area contributed by atoms with Crippen LogP contribution in [-0.2, 0) is 4.79 Å². The van der Waals surface area contributed by atoms with Crippen LogP contribution >= 0.6 is 0 Å². The molecule has 2 aliphatic heterocycles. The summed E-state index contributed by atoms with van der Waals surface area (Å²) in [5.41, 5.74) is 2.02. The van der Waals surface area contributed by atoms with Gasteiger partial charge in [-0.1, -0.05) is 0 Å². The van der Waals surface area contributed by atoms with E-state index in [9.17, 15) is 14.0 Å². The van der Waals surface area contributed by atoms with Crippen LogP contribution in [0.1, 0.15) is 41.9 Å². The van der Waals surface area contributed by atoms with Gasteiger partial charge >= 0.3 is 0 Å². The van der Waals surface area contributed by atoms with Crippen molar-refractivity contribution in [2.24, 2.45) is 0 Å². The first-order valence-electron chi connectivity index (χ1n) is 15.1. The number of nitrogens with zero attached hydrogens (tertiary/aromatic N) is 12. The second-order valence-electron chi connectivity index (χ2n) is 11.4. The minimum absolute atomic E-state index is 0.0621. The molecule has 8 rings (SSSR count). The van der Waals surface area contributed by atoms with Crippen LogP contribution in [0.3, 0.4) is 0 Å². The summed E-state index contributed by atoms with van der Waals surface area (Å²) in [5, 5.41) is 25.4. The first-order chi connectivity index (χ1) is 21.9. The molecule has 6 heterocycles. The second-order valence-corrected chi connectivity index (χ2v) is 11.4. The largest absolute Gasteiger partial charge is 0.352 e. The molecule has 1 aromatic carbocycles. The number of anilines is 2. The zero-order valence-corrected chi connectivity index (χ0v) is 24.9. The molecule has 0 radical (unpaired) electrons. The summed E-state index contributed by atoms with van der Waals surface area (Å²) in [6, 6.07) is 13.4. The van der Waals surface area contributed by atoms with E-state index >= 15 is 0 Å². The van der Waals surface area contributed by atoms with Crippen molar-refractivity contribution in [3.8, 4) is 0 Å². The molecule has 0 bridgehead atoms. The maximum atomic E-state index is 13.1. The molecule has 0 atom stereocenters. The lowest BCUT2D eigenvalue weighted by Gasteiger charge is -2.35. The molecule has 1 saturated carbocycles. The first kappa shape index (κ1) is 28.6. The van der Waals surface area contributed by atoms with Crippen LogP contribution < -0.4 is 9.80 Å². The van der Waals surface area contributed by atoms with Gasteiger partial charge in [-0.25, -0.2) is 4.39 Å². The quantitative estimate of drug-likeness (QED) is 0.296. The fraction of sp³-hybridized carbons (Fsp3) is 0.400. The Hall–Kier alpha value is -5.21. The van der Waals surface area contributed by atoms with E-state index < -0.39 is 0 Å². The molecular formula is C30H33FN12O2. The van der Waals surface area contributed by atoms with Crippen LogP contribution in [0.15, 0.2) is 54.9 Å². The van der Waals surface area contributed by atoms with E-state index in [-0.39, 0.29) is 17.6 Å². The summed E-state index contributed by atoms with van der Waals surface area (Å²) >= 11 is 0. The molecule has 5 aromatic rings. The van der Waals surface area contributed by atoms with E-state index in [2.05, 4.69) is 35.3 Å². The predicted octanol–water partition coefficient (Wildman–Crippen LogP) is 1.90. The van der Waals surface area contributed by atoms with E-state index in [1.807, 2.05) is 33.7 Å². The zero-order chi connectivity index (χ0) is 30.9. The summed E-state index contributed by atoms with van der Waals surface area (Å²) < 4.78 is 16.6. The van der Waals surface area contributed by atoms with Crippen LogP contribution in [0.5, 0.6) is 0 Å². The second kappa shape index (κ2) is 12.1. The van der Waals surface area contributed by atoms with Crippen LogP contribution in [0.25, 0.3) is 11.3 Å². The molecule has 232 valence electrons. The summed E-state index contributed by atoms with van der Waals surface area (Å²) in [7, 11) is 0. The molecule has 4 aromatic heterocycles. The minimum Gasteiger partial charge on any atom is -0.352 e. The predicted molar refractivity (Wildman–Crippen MR) is 163 cm³/mol. The normalized spacial score (nSPS) is 17.0. The van der Waals surface area contributed by atoms with Gasteiger partial charge in [0.05, 0.1) is 0 Å². The van der Waals surface area contributed by atoms with E-state index in [1.165, 1.54) is 24.3 Å². The third-order valence-electron chi connectivity index (χ3n) is 8.39. The number of rotatable bonds is 4. The average molecular weight is 613 g/mol. The SMILES string of the molecule is CC(=O)N1CCN(c2ccc3nncn3n2)CC1.O=C(c1ccc(F)cc1)N1CCN(c2ccc3nnc(C4CC4)n3n2)CC1. The van der Waals surface area contributed by atoms with E-state index in [1.54, 1.807) is 22.7 Å². The lowest BCUT2D eigenvalue weighted by atomic mass is 10.2. The number of hydrogen-bond donors (Lipinski definition) is 0. The number of aromatic nitrogens is 8. The van der Waals surface area contributed by atoms with Gasteiger partial charge in [-0.2, -0.15) is 9.03 Å². The van der Waals surface area contributed by atoms with Crippen LogP contribution in [0.4, 0.5) is 16.0 Å². The Morgan fingerprint density at radius 2 is 1.33 bits per heavy atom. The third-order valence-corrected chi connectivity index (χ3v) is 8.39. The molecule has 14 nitrogen and oxygen atoms in total. The molecule has 3 aliphatic rings. The molecule has 0 N–H and O–H groups in total. The maximum absolute atomic E-state index is 13.1. The van der Waals surface area contributed by atoms with Crippen molar-refractivity contribution in [3.05, 3.63) is 72.1 Å². The molecule has 2 saturated heterocycles. The smallest absolute Gasteiger partial charge is 0.253 e. The van der Waals surface area contributed by atoms with Gasteiger partial charge in [0.1, 0.15) is 23.8 Å². The Kier molecular flexibility index (Phi) is 7.65. The molecule has 3 fully saturated rings. The third kappa shape index (κ3) is 6.10. The Balaban J connectivity index is 0.000000157. The van der Waals surface area contributed by atoms with Crippen molar-refractivity contribution >= 4 is 34.7 Å². The highest BCUT2D eigenvalue weighted by Gasteiger charge is 2.30. The molecule has 0 unspecified atom stereocenters. The highest BCUT2D eigenvalue weighted by molar-refractivity contribution is 5.94. The Labute approximate surface area is 258 Å². The van der Waals surface area contributed by atoms with Crippen LogP contribution in [0, 0.1) is 5.82 Å². The van der Waals surface area contributed by atoms with Gasteiger partial charge in [-0.15, -0.1) is 30.6 Å². The Morgan fingerprint density at radius 3 is 1.98 bits per heavy atom. The topological polar surface area (TPSA) is 133 Å². The fourth-order valence-electron chi connectivity index (χ4n) is 5.61.